The number of benzene rings is 2. The van der Waals surface area contributed by atoms with E-state index in [0.717, 1.165) is 5.56 Å². The van der Waals surface area contributed by atoms with Crippen LogP contribution in [-0.4, -0.2) is 137 Å². The third-order valence-electron chi connectivity index (χ3n) is 10.0. The fraction of sp³-hybridized carbons (Fsp3) is 0.625. The van der Waals surface area contributed by atoms with Gasteiger partial charge in [0.2, 0.25) is 19.9 Å². The molecule has 6 heterocycles. The fourth-order valence-electron chi connectivity index (χ4n) is 7.32. The monoisotopic (exact) mass is 694 g/mol. The molecule has 0 aromatic heterocycles. The van der Waals surface area contributed by atoms with E-state index in [4.69, 9.17) is 47.4 Å². The van der Waals surface area contributed by atoms with E-state index in [-0.39, 0.29) is 37.3 Å². The lowest BCUT2D eigenvalue weighted by molar-refractivity contribution is -0.358. The first-order valence-electron chi connectivity index (χ1n) is 16.1. The topological polar surface area (TPSA) is 234 Å². The number of rotatable bonds is 8. The highest BCUT2D eigenvalue weighted by Crippen LogP contribution is 2.54. The smallest absolute Gasteiger partial charge is 0.231 e. The van der Waals surface area contributed by atoms with Crippen LogP contribution in [0.1, 0.15) is 23.3 Å². The number of fused-ring (bicyclic) bond motifs is 3. The van der Waals surface area contributed by atoms with Gasteiger partial charge < -0.3 is 83.1 Å². The van der Waals surface area contributed by atoms with E-state index in [1.807, 2.05) is 18.2 Å². The second kappa shape index (κ2) is 13.3. The van der Waals surface area contributed by atoms with E-state index in [1.54, 1.807) is 12.1 Å². The van der Waals surface area contributed by atoms with E-state index in [1.165, 1.54) is 0 Å². The summed E-state index contributed by atoms with van der Waals surface area (Å²) in [5, 5.41) is 72.6. The molecule has 49 heavy (non-hydrogen) atoms. The lowest BCUT2D eigenvalue weighted by Gasteiger charge is -2.46. The molecule has 6 aliphatic rings. The van der Waals surface area contributed by atoms with Gasteiger partial charge in [-0.2, -0.15) is 0 Å². The maximum Gasteiger partial charge on any atom is 0.231 e. The van der Waals surface area contributed by atoms with Crippen molar-refractivity contribution in [1.29, 1.82) is 0 Å². The van der Waals surface area contributed by atoms with Crippen molar-refractivity contribution in [2.24, 2.45) is 11.8 Å². The fourth-order valence-corrected chi connectivity index (χ4v) is 7.32. The number of aliphatic hydroxyl groups is 7. The first kappa shape index (κ1) is 33.1. The zero-order chi connectivity index (χ0) is 34.0. The molecule has 4 fully saturated rings. The standard InChI is InChI=1S/C32H38O17/c33-6-21-23(35)25(37)27(39)31(47-21)49-30-26(38)24(36)22(7-34)48-32(30)46-17-5-20-19(44-11-45-20)4-13(17)29-15-9-40-28(14(15)8-41-29)12-1-2-16-18(3-12)43-10-42-16/h1-5,14-15,21-39H,6-11H2/t14?,15?,21-,22-,23-,24-,25+,26+,27-,28-,29-,30-,31+,32-/m1/s1. The molecule has 0 amide bonds. The summed E-state index contributed by atoms with van der Waals surface area (Å²) >= 11 is 0. The summed E-state index contributed by atoms with van der Waals surface area (Å²) in [6.07, 6.45) is -16.9. The van der Waals surface area contributed by atoms with Gasteiger partial charge in [0.25, 0.3) is 0 Å². The molecule has 2 aromatic rings. The molecule has 14 atom stereocenters. The minimum absolute atomic E-state index is 0.0346. The normalized spacial score (nSPS) is 40.8. The molecule has 0 aliphatic carbocycles. The molecule has 6 aliphatic heterocycles. The molecule has 7 N–H and O–H groups in total. The molecule has 2 aromatic carbocycles. The highest BCUT2D eigenvalue weighted by molar-refractivity contribution is 5.53. The zero-order valence-electron chi connectivity index (χ0n) is 25.9. The van der Waals surface area contributed by atoms with Crippen LogP contribution in [0, 0.1) is 11.8 Å². The molecule has 0 saturated carbocycles. The van der Waals surface area contributed by atoms with Crippen LogP contribution < -0.4 is 23.7 Å². The van der Waals surface area contributed by atoms with Crippen LogP contribution in [0.25, 0.3) is 0 Å². The van der Waals surface area contributed by atoms with Gasteiger partial charge in [-0.3, -0.25) is 0 Å². The summed E-state index contributed by atoms with van der Waals surface area (Å²) < 4.78 is 58.6. The first-order chi connectivity index (χ1) is 23.7. The molecule has 2 unspecified atom stereocenters. The summed E-state index contributed by atoms with van der Waals surface area (Å²) in [6, 6.07) is 8.99. The first-order valence-corrected chi connectivity index (χ1v) is 16.1. The van der Waals surface area contributed by atoms with Gasteiger partial charge in [0.1, 0.15) is 48.5 Å². The number of ether oxygens (including phenoxy) is 10. The zero-order valence-corrected chi connectivity index (χ0v) is 25.9. The molecule has 0 radical (unpaired) electrons. The minimum Gasteiger partial charge on any atom is -0.461 e. The quantitative estimate of drug-likeness (QED) is 0.162. The second-order valence-electron chi connectivity index (χ2n) is 12.8. The van der Waals surface area contributed by atoms with Crippen molar-refractivity contribution in [1.82, 2.24) is 0 Å². The molecular formula is C32H38O17. The third kappa shape index (κ3) is 5.77. The van der Waals surface area contributed by atoms with Gasteiger partial charge in [-0.1, -0.05) is 6.07 Å². The molecule has 0 spiro atoms. The summed E-state index contributed by atoms with van der Waals surface area (Å²) in [4.78, 5) is 0. The van der Waals surface area contributed by atoms with Gasteiger partial charge in [-0.25, -0.2) is 0 Å². The Morgan fingerprint density at radius 3 is 1.92 bits per heavy atom. The summed E-state index contributed by atoms with van der Waals surface area (Å²) in [5.41, 5.74) is 1.47. The van der Waals surface area contributed by atoms with E-state index >= 15 is 0 Å². The highest BCUT2D eigenvalue weighted by atomic mass is 16.8. The van der Waals surface area contributed by atoms with Crippen LogP contribution in [0.5, 0.6) is 28.7 Å². The molecular weight excluding hydrogens is 656 g/mol. The van der Waals surface area contributed by atoms with Crippen molar-refractivity contribution in [3.63, 3.8) is 0 Å². The van der Waals surface area contributed by atoms with Crippen molar-refractivity contribution in [2.75, 3.05) is 40.0 Å². The van der Waals surface area contributed by atoms with Crippen LogP contribution in [0.15, 0.2) is 30.3 Å². The van der Waals surface area contributed by atoms with Crippen molar-refractivity contribution in [2.45, 2.75) is 73.6 Å². The van der Waals surface area contributed by atoms with Crippen molar-refractivity contribution < 1.29 is 83.1 Å². The van der Waals surface area contributed by atoms with E-state index in [0.29, 0.717) is 41.8 Å². The Labute approximate surface area is 278 Å². The Morgan fingerprint density at radius 1 is 0.612 bits per heavy atom. The average molecular weight is 695 g/mol. The van der Waals surface area contributed by atoms with Gasteiger partial charge in [0, 0.05) is 23.5 Å². The molecule has 0 bridgehead atoms. The van der Waals surface area contributed by atoms with Gasteiger partial charge in [-0.15, -0.1) is 0 Å². The molecule has 8 rings (SSSR count). The Bertz CT molecular complexity index is 1510. The SMILES string of the molecule is OC[C@H]1O[C@@H](O[C@H]2[C@H](Oc3cc4c(cc3[C@H]3OCC5C3CO[C@@H]5c3ccc5c(c3)OCO5)OCO4)O[C@H](CO)[C@@H](O)[C@@H]2O)[C@H](O)[C@@H](O)[C@@H]1O. The van der Waals surface area contributed by atoms with Crippen LogP contribution in [-0.2, 0) is 23.7 Å². The lowest BCUT2D eigenvalue weighted by Crippen LogP contribution is -2.65. The third-order valence-corrected chi connectivity index (χ3v) is 10.0. The van der Waals surface area contributed by atoms with Crippen LogP contribution in [0.3, 0.4) is 0 Å². The van der Waals surface area contributed by atoms with Gasteiger partial charge in [0.05, 0.1) is 38.6 Å². The summed E-state index contributed by atoms with van der Waals surface area (Å²) in [7, 11) is 0. The Kier molecular flexibility index (Phi) is 8.96. The molecule has 17 heteroatoms. The summed E-state index contributed by atoms with van der Waals surface area (Å²) in [6.45, 7) is -0.556. The van der Waals surface area contributed by atoms with Crippen molar-refractivity contribution in [3.8, 4) is 28.7 Å². The maximum absolute atomic E-state index is 11.2. The van der Waals surface area contributed by atoms with Gasteiger partial charge in [-0.05, 0) is 23.8 Å². The largest absolute Gasteiger partial charge is 0.461 e. The lowest BCUT2D eigenvalue weighted by atomic mass is 9.84. The van der Waals surface area contributed by atoms with Gasteiger partial charge >= 0.3 is 0 Å². The second-order valence-corrected chi connectivity index (χ2v) is 12.8. The number of hydrogen-bond donors (Lipinski definition) is 7. The molecule has 4 saturated heterocycles. The van der Waals surface area contributed by atoms with Crippen LogP contribution >= 0.6 is 0 Å². The Hall–Kier alpha value is -3.04. The highest BCUT2D eigenvalue weighted by Gasteiger charge is 2.53. The van der Waals surface area contributed by atoms with Crippen molar-refractivity contribution >= 4 is 0 Å². The molecule has 17 nitrogen and oxygen atoms in total. The number of hydrogen-bond acceptors (Lipinski definition) is 17. The van der Waals surface area contributed by atoms with E-state index < -0.39 is 80.7 Å². The van der Waals surface area contributed by atoms with E-state index in [2.05, 4.69) is 0 Å². The number of aliphatic hydroxyl groups excluding tert-OH is 7. The van der Waals surface area contributed by atoms with Gasteiger partial charge in [0.15, 0.2) is 35.4 Å². The Morgan fingerprint density at radius 2 is 1.20 bits per heavy atom. The maximum atomic E-state index is 11.2. The summed E-state index contributed by atoms with van der Waals surface area (Å²) in [5.74, 6) is 2.15. The Balaban J connectivity index is 1.08. The minimum atomic E-state index is -1.82. The predicted octanol–water partition coefficient (Wildman–Crippen LogP) is -1.78. The molecule has 268 valence electrons. The van der Waals surface area contributed by atoms with Crippen LogP contribution in [0.2, 0.25) is 0 Å². The van der Waals surface area contributed by atoms with Crippen molar-refractivity contribution in [3.05, 3.63) is 41.5 Å². The van der Waals surface area contributed by atoms with Crippen LogP contribution in [0.4, 0.5) is 0 Å². The predicted molar refractivity (Wildman–Crippen MR) is 157 cm³/mol. The average Bonchev–Trinajstić information content (AvgIpc) is 3.92. The van der Waals surface area contributed by atoms with E-state index in [9.17, 15) is 35.7 Å².